The van der Waals surface area contributed by atoms with Gasteiger partial charge in [0.1, 0.15) is 0 Å². The van der Waals surface area contributed by atoms with E-state index < -0.39 is 14.4 Å². The Kier molecular flexibility index (Phi) is 7.32. The molecule has 0 bridgehead atoms. The van der Waals surface area contributed by atoms with Gasteiger partial charge in [-0.3, -0.25) is 0 Å². The Morgan fingerprint density at radius 2 is 1.56 bits per heavy atom. The highest BCUT2D eigenvalue weighted by Gasteiger charge is 2.19. The zero-order valence-corrected chi connectivity index (χ0v) is 13.4. The molecule has 0 heterocycles. The monoisotopic (exact) mass is 259 g/mol. The second-order valence-corrected chi connectivity index (χ2v) is 8.48. The van der Waals surface area contributed by atoms with Crippen LogP contribution in [-0.2, 0) is 6.42 Å². The minimum atomic E-state index is -0.921. The molecule has 1 nitrogen and oxygen atoms in total. The Labute approximate surface area is 117 Å². The summed E-state index contributed by atoms with van der Waals surface area (Å²) in [5, 5.41) is 2.67. The molecule has 98 valence electrons. The summed E-state index contributed by atoms with van der Waals surface area (Å²) >= 11 is -0.921. The van der Waals surface area contributed by atoms with Gasteiger partial charge in [0, 0.05) is 6.42 Å². The minimum absolute atomic E-state index is 0.786. The van der Waals surface area contributed by atoms with Gasteiger partial charge >= 0.3 is 14.4 Å². The van der Waals surface area contributed by atoms with E-state index in [2.05, 4.69) is 64.2 Å². The molecule has 0 aromatic heterocycles. The van der Waals surface area contributed by atoms with Gasteiger partial charge < -0.3 is 3.98 Å². The molecule has 0 amide bonds. The fraction of sp³-hybridized carbons (Fsp3) is 0.562. The Hall–Kier alpha value is -0.578. The quantitative estimate of drug-likeness (QED) is 0.501. The van der Waals surface area contributed by atoms with Gasteiger partial charge in [0.05, 0.1) is 0 Å². The van der Waals surface area contributed by atoms with E-state index in [0.717, 1.165) is 18.3 Å². The predicted octanol–water partition coefficient (Wildman–Crippen LogP) is 4.60. The van der Waals surface area contributed by atoms with Gasteiger partial charge in [-0.25, -0.2) is 0 Å². The first-order valence-electron chi connectivity index (χ1n) is 7.13. The van der Waals surface area contributed by atoms with Crippen molar-refractivity contribution in [2.75, 3.05) is 0 Å². The van der Waals surface area contributed by atoms with Crippen molar-refractivity contribution in [3.05, 3.63) is 35.9 Å². The van der Waals surface area contributed by atoms with Crippen LogP contribution in [0.2, 0.25) is 10.6 Å². The molecule has 0 unspecified atom stereocenters. The molecule has 2 heteroatoms. The molecule has 0 aliphatic rings. The second-order valence-electron chi connectivity index (χ2n) is 5.93. The highest BCUT2D eigenvalue weighted by molar-refractivity contribution is 6.58. The van der Waals surface area contributed by atoms with E-state index in [0.29, 0.717) is 0 Å². The van der Waals surface area contributed by atoms with E-state index in [9.17, 15) is 0 Å². The van der Waals surface area contributed by atoms with Crippen molar-refractivity contribution in [1.82, 2.24) is 0 Å². The standard InChI is InChI=1S/C8H8N.2C4H9.Al/c9-7-6-8-4-2-1-3-5-8;2*1-4(2)3;/h1-5,7H,6H2;2*4H,1H2,2-3H3;/q-1;;;+1. The minimum Gasteiger partial charge on any atom is -0.408 e. The van der Waals surface area contributed by atoms with Gasteiger partial charge in [-0.1, -0.05) is 80.4 Å². The number of hydrogen-bond acceptors (Lipinski definition) is 1. The molecule has 0 N–H and O–H groups in total. The second kappa shape index (κ2) is 8.51. The summed E-state index contributed by atoms with van der Waals surface area (Å²) in [7, 11) is 0. The van der Waals surface area contributed by atoms with Crippen molar-refractivity contribution >= 4 is 20.6 Å². The summed E-state index contributed by atoms with van der Waals surface area (Å²) in [4.78, 5) is 0. The zero-order valence-electron chi connectivity index (χ0n) is 12.3. The highest BCUT2D eigenvalue weighted by atomic mass is 27.2. The lowest BCUT2D eigenvalue weighted by Crippen LogP contribution is -2.15. The molecule has 0 saturated heterocycles. The van der Waals surface area contributed by atoms with E-state index >= 15 is 0 Å². The van der Waals surface area contributed by atoms with Gasteiger partial charge in [-0.15, -0.1) is 0 Å². The molecular formula is C16H26AlN. The molecule has 0 atom stereocenters. The SMILES string of the molecule is CC(C)[CH2][Al]([CH2]C(C)C)/[N]=C/Cc1ccccc1. The number of nitrogens with zero attached hydrogens (tertiary/aromatic N) is 1. The maximum Gasteiger partial charge on any atom is 0.435 e. The number of benzene rings is 1. The summed E-state index contributed by atoms with van der Waals surface area (Å²) in [6.45, 7) is 9.25. The number of rotatable bonds is 7. The van der Waals surface area contributed by atoms with E-state index in [-0.39, 0.29) is 0 Å². The van der Waals surface area contributed by atoms with Crippen molar-refractivity contribution in [3.8, 4) is 0 Å². The molecule has 1 aromatic rings. The molecular weight excluding hydrogens is 233 g/mol. The number of hydrogen-bond donors (Lipinski definition) is 0. The lowest BCUT2D eigenvalue weighted by Gasteiger charge is -2.11. The Balaban J connectivity index is 2.49. The Bertz CT molecular complexity index is 333. The average Bonchev–Trinajstić information content (AvgIpc) is 2.28. The smallest absolute Gasteiger partial charge is 0.408 e. The van der Waals surface area contributed by atoms with Crippen molar-refractivity contribution in [3.63, 3.8) is 0 Å². The molecule has 18 heavy (non-hydrogen) atoms. The van der Waals surface area contributed by atoms with Crippen LogP contribution in [0.3, 0.4) is 0 Å². The van der Waals surface area contributed by atoms with E-state index in [4.69, 9.17) is 3.98 Å². The molecule has 1 aromatic carbocycles. The average molecular weight is 259 g/mol. The van der Waals surface area contributed by atoms with Crippen molar-refractivity contribution in [2.24, 2.45) is 15.8 Å². The van der Waals surface area contributed by atoms with E-state index in [1.165, 1.54) is 16.1 Å². The van der Waals surface area contributed by atoms with Crippen LogP contribution >= 0.6 is 0 Å². The van der Waals surface area contributed by atoms with Gasteiger partial charge in [0.2, 0.25) is 0 Å². The van der Waals surface area contributed by atoms with Gasteiger partial charge in [0.15, 0.2) is 0 Å². The van der Waals surface area contributed by atoms with Crippen LogP contribution in [0.15, 0.2) is 34.3 Å². The van der Waals surface area contributed by atoms with Crippen LogP contribution in [0.4, 0.5) is 0 Å². The van der Waals surface area contributed by atoms with Crippen LogP contribution in [0.1, 0.15) is 33.3 Å². The van der Waals surface area contributed by atoms with Crippen LogP contribution in [-0.4, -0.2) is 20.6 Å². The van der Waals surface area contributed by atoms with Crippen molar-refractivity contribution in [1.29, 1.82) is 0 Å². The largest absolute Gasteiger partial charge is 0.435 e. The predicted molar refractivity (Wildman–Crippen MR) is 83.7 cm³/mol. The summed E-state index contributed by atoms with van der Waals surface area (Å²) in [5.74, 6) is 1.57. The van der Waals surface area contributed by atoms with Crippen LogP contribution in [0, 0.1) is 11.8 Å². The molecule has 0 spiro atoms. The Morgan fingerprint density at radius 3 is 2.06 bits per heavy atom. The topological polar surface area (TPSA) is 12.4 Å². The van der Waals surface area contributed by atoms with Crippen molar-refractivity contribution in [2.45, 2.75) is 44.7 Å². The molecule has 0 aliphatic heterocycles. The fourth-order valence-electron chi connectivity index (χ4n) is 2.23. The third-order valence-electron chi connectivity index (χ3n) is 2.97. The first kappa shape index (κ1) is 15.5. The first-order valence-corrected chi connectivity index (χ1v) is 9.28. The fourth-order valence-corrected chi connectivity index (χ4v) is 5.24. The van der Waals surface area contributed by atoms with Gasteiger partial charge in [-0.2, -0.15) is 0 Å². The van der Waals surface area contributed by atoms with E-state index in [1.54, 1.807) is 0 Å². The summed E-state index contributed by atoms with van der Waals surface area (Å²) < 4.78 is 4.91. The molecule has 0 fully saturated rings. The molecule has 1 rings (SSSR count). The van der Waals surface area contributed by atoms with Crippen LogP contribution < -0.4 is 0 Å². The third kappa shape index (κ3) is 6.99. The molecule has 0 aliphatic carbocycles. The summed E-state index contributed by atoms with van der Waals surface area (Å²) in [5.41, 5.74) is 1.36. The lowest BCUT2D eigenvalue weighted by atomic mass is 10.2. The van der Waals surface area contributed by atoms with Crippen LogP contribution in [0.5, 0.6) is 0 Å². The van der Waals surface area contributed by atoms with Gasteiger partial charge in [-0.05, 0) is 11.8 Å². The lowest BCUT2D eigenvalue weighted by molar-refractivity contribution is 0.689. The maximum absolute atomic E-state index is 4.91. The third-order valence-corrected chi connectivity index (χ3v) is 6.58. The molecule has 0 radical (unpaired) electrons. The van der Waals surface area contributed by atoms with Crippen molar-refractivity contribution < 1.29 is 0 Å². The molecule has 0 saturated carbocycles. The van der Waals surface area contributed by atoms with Gasteiger partial charge in [0.25, 0.3) is 0 Å². The Morgan fingerprint density at radius 1 is 1.00 bits per heavy atom. The van der Waals surface area contributed by atoms with E-state index in [1.807, 2.05) is 0 Å². The highest BCUT2D eigenvalue weighted by Crippen LogP contribution is 2.15. The first-order chi connectivity index (χ1) is 8.58. The summed E-state index contributed by atoms with van der Waals surface area (Å²) in [6.07, 6.45) is 3.15. The summed E-state index contributed by atoms with van der Waals surface area (Å²) in [6, 6.07) is 10.6. The maximum atomic E-state index is 4.91. The zero-order chi connectivity index (χ0) is 13.4. The van der Waals surface area contributed by atoms with Crippen LogP contribution in [0.25, 0.3) is 0 Å². The normalized spacial score (nSPS) is 11.7.